The van der Waals surface area contributed by atoms with E-state index in [4.69, 9.17) is 14.2 Å². The molecule has 3 amide bonds. The Labute approximate surface area is 210 Å². The number of hydrogen-bond donors (Lipinski definition) is 0. The molecule has 2 heterocycles. The van der Waals surface area contributed by atoms with Crippen molar-refractivity contribution in [3.05, 3.63) is 63.0 Å². The fourth-order valence-corrected chi connectivity index (χ4v) is 4.77. The zero-order valence-corrected chi connectivity index (χ0v) is 20.9. The number of methoxy groups -OCH3 is 1. The third-order valence-corrected chi connectivity index (χ3v) is 7.04. The molecule has 0 N–H and O–H groups in total. The SMILES string of the molecule is COc1cc(/C=C2\SC(=O)N(Cc3ccccc3Br)C2=O)ccc1OCC(=O)N1CCOCC1. The topological polar surface area (TPSA) is 85.4 Å². The number of nitrogens with zero attached hydrogens (tertiary/aromatic N) is 2. The Morgan fingerprint density at radius 2 is 1.91 bits per heavy atom. The lowest BCUT2D eigenvalue weighted by Gasteiger charge is -2.26. The van der Waals surface area contributed by atoms with Crippen molar-refractivity contribution in [2.45, 2.75) is 6.54 Å². The Balaban J connectivity index is 1.44. The summed E-state index contributed by atoms with van der Waals surface area (Å²) in [5.41, 5.74) is 1.52. The lowest BCUT2D eigenvalue weighted by molar-refractivity contribution is -0.137. The Morgan fingerprint density at radius 1 is 1.15 bits per heavy atom. The van der Waals surface area contributed by atoms with E-state index >= 15 is 0 Å². The first-order valence-corrected chi connectivity index (χ1v) is 12.2. The highest BCUT2D eigenvalue weighted by Gasteiger charge is 2.35. The fraction of sp³-hybridized carbons (Fsp3) is 0.292. The molecule has 0 unspecified atom stereocenters. The number of thioether (sulfide) groups is 1. The average molecular weight is 547 g/mol. The summed E-state index contributed by atoms with van der Waals surface area (Å²) >= 11 is 4.35. The van der Waals surface area contributed by atoms with Crippen molar-refractivity contribution in [2.75, 3.05) is 40.0 Å². The van der Waals surface area contributed by atoms with E-state index < -0.39 is 0 Å². The van der Waals surface area contributed by atoms with Crippen molar-refractivity contribution < 1.29 is 28.6 Å². The summed E-state index contributed by atoms with van der Waals surface area (Å²) in [6.45, 7) is 2.23. The summed E-state index contributed by atoms with van der Waals surface area (Å²) in [6, 6.07) is 12.6. The number of rotatable bonds is 7. The molecule has 2 saturated heterocycles. The van der Waals surface area contributed by atoms with Crippen molar-refractivity contribution >= 4 is 50.8 Å². The van der Waals surface area contributed by atoms with Crippen LogP contribution in [0.2, 0.25) is 0 Å². The summed E-state index contributed by atoms with van der Waals surface area (Å²) in [4.78, 5) is 40.9. The lowest BCUT2D eigenvalue weighted by Crippen LogP contribution is -2.43. The van der Waals surface area contributed by atoms with Gasteiger partial charge in [0.15, 0.2) is 18.1 Å². The molecule has 10 heteroatoms. The minimum atomic E-state index is -0.346. The van der Waals surface area contributed by atoms with Gasteiger partial charge in [-0.3, -0.25) is 19.3 Å². The number of ether oxygens (including phenoxy) is 3. The highest BCUT2D eigenvalue weighted by molar-refractivity contribution is 9.10. The van der Waals surface area contributed by atoms with E-state index in [0.717, 1.165) is 21.8 Å². The predicted octanol–water partition coefficient (Wildman–Crippen LogP) is 3.93. The molecule has 178 valence electrons. The maximum Gasteiger partial charge on any atom is 0.293 e. The first-order chi connectivity index (χ1) is 16.5. The van der Waals surface area contributed by atoms with Crippen molar-refractivity contribution in [1.29, 1.82) is 0 Å². The monoisotopic (exact) mass is 546 g/mol. The van der Waals surface area contributed by atoms with Crippen LogP contribution in [0.3, 0.4) is 0 Å². The van der Waals surface area contributed by atoms with E-state index in [1.165, 1.54) is 12.0 Å². The van der Waals surface area contributed by atoms with Gasteiger partial charge in [0.1, 0.15) is 0 Å². The molecule has 0 saturated carbocycles. The standard InChI is InChI=1S/C24H23BrN2O6S/c1-31-20-12-16(6-7-19(20)33-15-22(28)26-8-10-32-11-9-26)13-21-23(29)27(24(30)34-21)14-17-4-2-3-5-18(17)25/h2-7,12-13H,8-11,14-15H2,1H3/b21-13-. The molecule has 4 rings (SSSR count). The van der Waals surface area contributed by atoms with Crippen molar-refractivity contribution in [3.8, 4) is 11.5 Å². The van der Waals surface area contributed by atoms with E-state index in [-0.39, 0.29) is 30.2 Å². The van der Waals surface area contributed by atoms with Crippen LogP contribution in [0.25, 0.3) is 6.08 Å². The average Bonchev–Trinajstić information content (AvgIpc) is 3.12. The van der Waals surface area contributed by atoms with E-state index in [9.17, 15) is 14.4 Å². The third kappa shape index (κ3) is 5.63. The van der Waals surface area contributed by atoms with Crippen LogP contribution in [0, 0.1) is 0 Å². The Kier molecular flexibility index (Phi) is 7.91. The van der Waals surface area contributed by atoms with Gasteiger partial charge in [-0.2, -0.15) is 0 Å². The summed E-state index contributed by atoms with van der Waals surface area (Å²) in [5, 5.41) is -0.319. The molecular formula is C24H23BrN2O6S. The van der Waals surface area contributed by atoms with Crippen LogP contribution in [-0.4, -0.2) is 66.9 Å². The van der Waals surface area contributed by atoms with Crippen LogP contribution >= 0.6 is 27.7 Å². The number of halogens is 1. The van der Waals surface area contributed by atoms with E-state index in [1.807, 2.05) is 24.3 Å². The second kappa shape index (κ2) is 11.1. The summed E-state index contributed by atoms with van der Waals surface area (Å²) in [5.74, 6) is 0.383. The molecule has 2 aromatic rings. The van der Waals surface area contributed by atoms with Gasteiger partial charge in [-0.05, 0) is 47.2 Å². The summed E-state index contributed by atoms with van der Waals surface area (Å²) < 4.78 is 17.2. The molecule has 0 atom stereocenters. The van der Waals surface area contributed by atoms with Crippen LogP contribution in [0.4, 0.5) is 4.79 Å². The number of carbonyl (C=O) groups is 3. The Morgan fingerprint density at radius 3 is 2.65 bits per heavy atom. The quantitative estimate of drug-likeness (QED) is 0.486. The van der Waals surface area contributed by atoms with Crippen LogP contribution in [0.5, 0.6) is 11.5 Å². The van der Waals surface area contributed by atoms with Gasteiger partial charge in [0.2, 0.25) is 0 Å². The van der Waals surface area contributed by atoms with E-state index in [0.29, 0.717) is 48.3 Å². The fourth-order valence-electron chi connectivity index (χ4n) is 3.52. The molecule has 2 aliphatic rings. The van der Waals surface area contributed by atoms with Crippen LogP contribution in [-0.2, 0) is 20.9 Å². The van der Waals surface area contributed by atoms with Gasteiger partial charge in [-0.15, -0.1) is 0 Å². The van der Waals surface area contributed by atoms with Crippen LogP contribution in [0.15, 0.2) is 51.8 Å². The first-order valence-electron chi connectivity index (χ1n) is 10.6. The highest BCUT2D eigenvalue weighted by Crippen LogP contribution is 2.36. The van der Waals surface area contributed by atoms with Gasteiger partial charge < -0.3 is 19.1 Å². The number of amides is 3. The van der Waals surface area contributed by atoms with Crippen molar-refractivity contribution in [3.63, 3.8) is 0 Å². The highest BCUT2D eigenvalue weighted by atomic mass is 79.9. The third-order valence-electron chi connectivity index (χ3n) is 5.36. The van der Waals surface area contributed by atoms with E-state index in [1.54, 1.807) is 29.2 Å². The molecule has 0 bridgehead atoms. The maximum atomic E-state index is 12.9. The molecule has 2 aliphatic heterocycles. The molecule has 2 fully saturated rings. The lowest BCUT2D eigenvalue weighted by atomic mass is 10.1. The predicted molar refractivity (Wildman–Crippen MR) is 132 cm³/mol. The molecule has 34 heavy (non-hydrogen) atoms. The maximum absolute atomic E-state index is 12.9. The number of hydrogen-bond acceptors (Lipinski definition) is 7. The molecular weight excluding hydrogens is 524 g/mol. The van der Waals surface area contributed by atoms with Crippen LogP contribution in [0.1, 0.15) is 11.1 Å². The normalized spacial score (nSPS) is 17.4. The number of benzene rings is 2. The van der Waals surface area contributed by atoms with Crippen molar-refractivity contribution in [2.24, 2.45) is 0 Å². The van der Waals surface area contributed by atoms with Gasteiger partial charge >= 0.3 is 0 Å². The number of morpholine rings is 1. The van der Waals surface area contributed by atoms with Crippen LogP contribution < -0.4 is 9.47 Å². The zero-order chi connectivity index (χ0) is 24.1. The Bertz CT molecular complexity index is 1130. The summed E-state index contributed by atoms with van der Waals surface area (Å²) in [6.07, 6.45) is 1.65. The van der Waals surface area contributed by atoms with Gasteiger partial charge in [0, 0.05) is 17.6 Å². The molecule has 0 aliphatic carbocycles. The molecule has 0 aromatic heterocycles. The summed E-state index contributed by atoms with van der Waals surface area (Å²) in [7, 11) is 1.50. The minimum Gasteiger partial charge on any atom is -0.493 e. The second-order valence-electron chi connectivity index (χ2n) is 7.55. The zero-order valence-electron chi connectivity index (χ0n) is 18.5. The van der Waals surface area contributed by atoms with Gasteiger partial charge in [0.25, 0.3) is 17.1 Å². The molecule has 8 nitrogen and oxygen atoms in total. The van der Waals surface area contributed by atoms with Crippen molar-refractivity contribution in [1.82, 2.24) is 9.80 Å². The molecule has 2 aromatic carbocycles. The van der Waals surface area contributed by atoms with Gasteiger partial charge in [-0.25, -0.2) is 0 Å². The Hall–Kier alpha value is -2.82. The van der Waals surface area contributed by atoms with E-state index in [2.05, 4.69) is 15.9 Å². The molecule has 0 radical (unpaired) electrons. The largest absolute Gasteiger partial charge is 0.493 e. The van der Waals surface area contributed by atoms with Gasteiger partial charge in [0.05, 0.1) is 31.8 Å². The second-order valence-corrected chi connectivity index (χ2v) is 9.40. The smallest absolute Gasteiger partial charge is 0.293 e. The number of imide groups is 1. The first kappa shape index (κ1) is 24.3. The number of carbonyl (C=O) groups excluding carboxylic acids is 3. The molecule has 0 spiro atoms. The van der Waals surface area contributed by atoms with Gasteiger partial charge in [-0.1, -0.05) is 40.2 Å². The minimum absolute atomic E-state index is 0.107.